The second kappa shape index (κ2) is 4.45. The standard InChI is InChI=1S/C12H27N/c1-8-11(4,5)9-12(6,7)13-10(2)3/h10,13H,8-9H2,1-7H3. The van der Waals surface area contributed by atoms with Crippen LogP contribution in [0.4, 0.5) is 0 Å². The lowest BCUT2D eigenvalue weighted by atomic mass is 9.78. The summed E-state index contributed by atoms with van der Waals surface area (Å²) in [6, 6.07) is 0.572. The van der Waals surface area contributed by atoms with E-state index in [1.165, 1.54) is 12.8 Å². The summed E-state index contributed by atoms with van der Waals surface area (Å²) in [6.07, 6.45) is 2.48. The van der Waals surface area contributed by atoms with E-state index in [2.05, 4.69) is 53.8 Å². The van der Waals surface area contributed by atoms with Gasteiger partial charge in [0.15, 0.2) is 0 Å². The van der Waals surface area contributed by atoms with Gasteiger partial charge in [-0.2, -0.15) is 0 Å². The van der Waals surface area contributed by atoms with E-state index >= 15 is 0 Å². The molecular formula is C12H27N. The third-order valence-corrected chi connectivity index (χ3v) is 2.56. The Morgan fingerprint density at radius 3 is 1.85 bits per heavy atom. The van der Waals surface area contributed by atoms with Gasteiger partial charge in [-0.05, 0) is 25.7 Å². The molecule has 0 aliphatic heterocycles. The van der Waals surface area contributed by atoms with Gasteiger partial charge < -0.3 is 5.32 Å². The normalized spacial score (nSPS) is 13.8. The first-order valence-electron chi connectivity index (χ1n) is 5.46. The van der Waals surface area contributed by atoms with E-state index in [1.54, 1.807) is 0 Å². The van der Waals surface area contributed by atoms with Gasteiger partial charge in [0.1, 0.15) is 0 Å². The van der Waals surface area contributed by atoms with E-state index in [4.69, 9.17) is 0 Å². The maximum Gasteiger partial charge on any atom is 0.0132 e. The molecule has 0 atom stereocenters. The second-order valence-corrected chi connectivity index (χ2v) is 5.88. The quantitative estimate of drug-likeness (QED) is 0.690. The fourth-order valence-electron chi connectivity index (χ4n) is 2.15. The average Bonchev–Trinajstić information content (AvgIpc) is 1.81. The summed E-state index contributed by atoms with van der Waals surface area (Å²) in [5.41, 5.74) is 0.707. The molecule has 80 valence electrons. The summed E-state index contributed by atoms with van der Waals surface area (Å²) in [7, 11) is 0. The van der Waals surface area contributed by atoms with Crippen LogP contribution >= 0.6 is 0 Å². The molecule has 0 saturated heterocycles. The van der Waals surface area contributed by atoms with Crippen molar-refractivity contribution in [3.63, 3.8) is 0 Å². The minimum absolute atomic E-state index is 0.258. The van der Waals surface area contributed by atoms with Crippen LogP contribution in [0, 0.1) is 5.41 Å². The Bertz CT molecular complexity index is 145. The Labute approximate surface area is 84.3 Å². The van der Waals surface area contributed by atoms with Gasteiger partial charge in [0.25, 0.3) is 0 Å². The lowest BCUT2D eigenvalue weighted by molar-refractivity contribution is 0.206. The monoisotopic (exact) mass is 185 g/mol. The molecule has 0 unspecified atom stereocenters. The van der Waals surface area contributed by atoms with E-state index in [0.717, 1.165) is 0 Å². The molecule has 0 fully saturated rings. The number of hydrogen-bond donors (Lipinski definition) is 1. The molecular weight excluding hydrogens is 158 g/mol. The number of rotatable bonds is 5. The third-order valence-electron chi connectivity index (χ3n) is 2.56. The van der Waals surface area contributed by atoms with Crippen LogP contribution in [0.5, 0.6) is 0 Å². The van der Waals surface area contributed by atoms with Gasteiger partial charge in [-0.25, -0.2) is 0 Å². The zero-order valence-corrected chi connectivity index (χ0v) is 10.5. The van der Waals surface area contributed by atoms with Gasteiger partial charge in [0.05, 0.1) is 0 Å². The largest absolute Gasteiger partial charge is 0.310 e. The fraction of sp³-hybridized carbons (Fsp3) is 1.00. The Balaban J connectivity index is 4.16. The Hall–Kier alpha value is -0.0400. The summed E-state index contributed by atoms with van der Waals surface area (Å²) in [5.74, 6) is 0. The van der Waals surface area contributed by atoms with Crippen LogP contribution in [-0.4, -0.2) is 11.6 Å². The molecule has 1 N–H and O–H groups in total. The highest BCUT2D eigenvalue weighted by molar-refractivity contribution is 4.85. The maximum atomic E-state index is 3.61. The predicted octanol–water partition coefficient (Wildman–Crippen LogP) is 3.59. The van der Waals surface area contributed by atoms with Crippen molar-refractivity contribution in [1.29, 1.82) is 0 Å². The van der Waals surface area contributed by atoms with E-state index in [9.17, 15) is 0 Å². The number of nitrogens with one attached hydrogen (secondary N) is 1. The van der Waals surface area contributed by atoms with Crippen molar-refractivity contribution in [2.75, 3.05) is 0 Å². The van der Waals surface area contributed by atoms with Gasteiger partial charge in [0.2, 0.25) is 0 Å². The van der Waals surface area contributed by atoms with Crippen LogP contribution in [-0.2, 0) is 0 Å². The summed E-state index contributed by atoms with van der Waals surface area (Å²) in [6.45, 7) is 16.0. The van der Waals surface area contributed by atoms with Crippen molar-refractivity contribution in [2.24, 2.45) is 5.41 Å². The van der Waals surface area contributed by atoms with Crippen molar-refractivity contribution < 1.29 is 0 Å². The van der Waals surface area contributed by atoms with Crippen molar-refractivity contribution in [1.82, 2.24) is 5.32 Å². The first kappa shape index (κ1) is 13.0. The zero-order chi connectivity index (χ0) is 10.7. The van der Waals surface area contributed by atoms with Crippen molar-refractivity contribution in [3.8, 4) is 0 Å². The van der Waals surface area contributed by atoms with E-state index in [-0.39, 0.29) is 5.54 Å². The van der Waals surface area contributed by atoms with Crippen molar-refractivity contribution in [2.45, 2.75) is 72.9 Å². The molecule has 0 aliphatic carbocycles. The highest BCUT2D eigenvalue weighted by Gasteiger charge is 2.27. The van der Waals surface area contributed by atoms with Crippen LogP contribution in [0.3, 0.4) is 0 Å². The molecule has 0 radical (unpaired) electrons. The molecule has 1 heteroatoms. The van der Waals surface area contributed by atoms with Crippen molar-refractivity contribution in [3.05, 3.63) is 0 Å². The predicted molar refractivity (Wildman–Crippen MR) is 61.0 cm³/mol. The molecule has 0 spiro atoms. The highest BCUT2D eigenvalue weighted by Crippen LogP contribution is 2.30. The lowest BCUT2D eigenvalue weighted by Crippen LogP contribution is -2.46. The SMILES string of the molecule is CCC(C)(C)CC(C)(C)NC(C)C. The number of hydrogen-bond acceptors (Lipinski definition) is 1. The minimum atomic E-state index is 0.258. The molecule has 0 heterocycles. The second-order valence-electron chi connectivity index (χ2n) is 5.88. The Morgan fingerprint density at radius 1 is 1.08 bits per heavy atom. The Kier molecular flexibility index (Phi) is 4.44. The van der Waals surface area contributed by atoms with Crippen LogP contribution < -0.4 is 5.32 Å². The molecule has 0 rings (SSSR count). The summed E-state index contributed by atoms with van der Waals surface area (Å²) < 4.78 is 0. The van der Waals surface area contributed by atoms with Crippen LogP contribution in [0.2, 0.25) is 0 Å². The van der Waals surface area contributed by atoms with Gasteiger partial charge in [-0.15, -0.1) is 0 Å². The van der Waals surface area contributed by atoms with Crippen LogP contribution in [0.1, 0.15) is 61.3 Å². The molecule has 0 aliphatic rings. The summed E-state index contributed by atoms with van der Waals surface area (Å²) in [5, 5.41) is 3.61. The third kappa shape index (κ3) is 6.09. The molecule has 0 aromatic heterocycles. The van der Waals surface area contributed by atoms with Gasteiger partial charge >= 0.3 is 0 Å². The summed E-state index contributed by atoms with van der Waals surface area (Å²) >= 11 is 0. The van der Waals surface area contributed by atoms with E-state index < -0.39 is 0 Å². The topological polar surface area (TPSA) is 12.0 Å². The molecule has 0 aromatic rings. The molecule has 0 saturated carbocycles. The molecule has 13 heavy (non-hydrogen) atoms. The van der Waals surface area contributed by atoms with E-state index in [1.807, 2.05) is 0 Å². The molecule has 1 nitrogen and oxygen atoms in total. The van der Waals surface area contributed by atoms with Crippen LogP contribution in [0.15, 0.2) is 0 Å². The molecule has 0 aromatic carbocycles. The molecule has 0 amide bonds. The average molecular weight is 185 g/mol. The van der Waals surface area contributed by atoms with Gasteiger partial charge in [0, 0.05) is 11.6 Å². The lowest BCUT2D eigenvalue weighted by Gasteiger charge is -2.36. The molecule has 0 bridgehead atoms. The smallest absolute Gasteiger partial charge is 0.0132 e. The minimum Gasteiger partial charge on any atom is -0.310 e. The zero-order valence-electron chi connectivity index (χ0n) is 10.5. The van der Waals surface area contributed by atoms with Gasteiger partial charge in [-0.1, -0.05) is 41.0 Å². The van der Waals surface area contributed by atoms with Gasteiger partial charge in [-0.3, -0.25) is 0 Å². The first-order chi connectivity index (χ1) is 5.68. The van der Waals surface area contributed by atoms with Crippen molar-refractivity contribution >= 4 is 0 Å². The first-order valence-corrected chi connectivity index (χ1v) is 5.46. The highest BCUT2D eigenvalue weighted by atomic mass is 15.0. The van der Waals surface area contributed by atoms with Crippen LogP contribution in [0.25, 0.3) is 0 Å². The fourth-order valence-corrected chi connectivity index (χ4v) is 2.15. The Morgan fingerprint density at radius 2 is 1.54 bits per heavy atom. The summed E-state index contributed by atoms with van der Waals surface area (Å²) in [4.78, 5) is 0. The maximum absolute atomic E-state index is 3.61. The van der Waals surface area contributed by atoms with E-state index in [0.29, 0.717) is 11.5 Å².